The molecule has 0 atom stereocenters. The van der Waals surface area contributed by atoms with Crippen molar-refractivity contribution in [3.63, 3.8) is 0 Å². The van der Waals surface area contributed by atoms with Crippen molar-refractivity contribution in [1.29, 1.82) is 5.26 Å². The summed E-state index contributed by atoms with van der Waals surface area (Å²) in [6, 6.07) is 3.27. The number of phenols is 1. The van der Waals surface area contributed by atoms with Gasteiger partial charge in [-0.3, -0.25) is 0 Å². The van der Waals surface area contributed by atoms with Crippen LogP contribution in [0.25, 0.3) is 0 Å². The highest BCUT2D eigenvalue weighted by Gasteiger charge is 2.24. The largest absolute Gasteiger partial charge is 0.508 e. The molecule has 1 aromatic rings. The second kappa shape index (κ2) is 5.25. The summed E-state index contributed by atoms with van der Waals surface area (Å²) in [6.45, 7) is 1.53. The fourth-order valence-corrected chi connectivity index (χ4v) is 1.34. The van der Waals surface area contributed by atoms with Gasteiger partial charge in [-0.15, -0.1) is 0 Å². The molecule has 6 heteroatoms. The smallest absolute Gasteiger partial charge is 0.339 e. The molecular formula is C11H9F2NO3. The van der Waals surface area contributed by atoms with Crippen LogP contribution in [-0.2, 0) is 4.74 Å². The molecule has 4 nitrogen and oxygen atoms in total. The molecule has 0 spiro atoms. The van der Waals surface area contributed by atoms with Crippen molar-refractivity contribution in [1.82, 2.24) is 0 Å². The number of ether oxygens (including phenoxy) is 1. The molecule has 0 aliphatic heterocycles. The summed E-state index contributed by atoms with van der Waals surface area (Å²) in [7, 11) is 0. The van der Waals surface area contributed by atoms with Crippen LogP contribution in [0, 0.1) is 11.3 Å². The molecule has 0 bridgehead atoms. The number of aromatic hydroxyl groups is 1. The van der Waals surface area contributed by atoms with Crippen LogP contribution in [0.5, 0.6) is 5.75 Å². The predicted octanol–water partition coefficient (Wildman–Crippen LogP) is 2.38. The van der Waals surface area contributed by atoms with Crippen LogP contribution in [0.1, 0.15) is 34.8 Å². The van der Waals surface area contributed by atoms with Crippen LogP contribution in [0.15, 0.2) is 12.1 Å². The number of hydrogen-bond donors (Lipinski definition) is 1. The standard InChI is InChI=1S/C11H9F2NO3/c1-2-17-11(16)9-6(5-14)3-7(15)4-8(9)10(12)13/h3-4,10,15H,2H2,1H3. The van der Waals surface area contributed by atoms with E-state index in [1.54, 1.807) is 6.07 Å². The average Bonchev–Trinajstić information content (AvgIpc) is 2.27. The summed E-state index contributed by atoms with van der Waals surface area (Å²) in [5, 5.41) is 17.9. The molecule has 1 aromatic carbocycles. The number of alkyl halides is 2. The third kappa shape index (κ3) is 2.69. The quantitative estimate of drug-likeness (QED) is 0.825. The Balaban J connectivity index is 3.43. The summed E-state index contributed by atoms with van der Waals surface area (Å²) in [4.78, 5) is 11.5. The molecule has 0 aromatic heterocycles. The number of esters is 1. The van der Waals surface area contributed by atoms with Gasteiger partial charge in [0.1, 0.15) is 11.8 Å². The Morgan fingerprint density at radius 2 is 2.24 bits per heavy atom. The third-order valence-electron chi connectivity index (χ3n) is 1.99. The maximum absolute atomic E-state index is 12.7. The zero-order valence-electron chi connectivity index (χ0n) is 8.91. The zero-order chi connectivity index (χ0) is 13.0. The Morgan fingerprint density at radius 1 is 1.59 bits per heavy atom. The van der Waals surface area contributed by atoms with E-state index >= 15 is 0 Å². The Labute approximate surface area is 96.0 Å². The van der Waals surface area contributed by atoms with Crippen LogP contribution in [0.4, 0.5) is 8.78 Å². The molecule has 0 heterocycles. The molecule has 0 amide bonds. The monoisotopic (exact) mass is 241 g/mol. The summed E-state index contributed by atoms with van der Waals surface area (Å²) < 4.78 is 30.0. The van der Waals surface area contributed by atoms with E-state index in [0.717, 1.165) is 12.1 Å². The topological polar surface area (TPSA) is 70.3 Å². The number of benzene rings is 1. The number of nitrogens with zero attached hydrogens (tertiary/aromatic N) is 1. The summed E-state index contributed by atoms with van der Waals surface area (Å²) in [5.41, 5.74) is -1.54. The first-order chi connectivity index (χ1) is 8.01. The van der Waals surface area contributed by atoms with Gasteiger partial charge in [-0.2, -0.15) is 5.26 Å². The van der Waals surface area contributed by atoms with E-state index in [1.807, 2.05) is 0 Å². The Morgan fingerprint density at radius 3 is 2.71 bits per heavy atom. The van der Waals surface area contributed by atoms with Gasteiger partial charge in [0, 0.05) is 5.56 Å². The van der Waals surface area contributed by atoms with E-state index in [9.17, 15) is 18.7 Å². The van der Waals surface area contributed by atoms with Gasteiger partial charge in [-0.05, 0) is 19.1 Å². The van der Waals surface area contributed by atoms with Crippen LogP contribution in [-0.4, -0.2) is 17.7 Å². The molecule has 0 aliphatic rings. The molecule has 1 N–H and O–H groups in total. The minimum atomic E-state index is -2.98. The molecule has 0 saturated heterocycles. The molecule has 1 rings (SSSR count). The fourth-order valence-electron chi connectivity index (χ4n) is 1.34. The maximum atomic E-state index is 12.7. The highest BCUT2D eigenvalue weighted by molar-refractivity contribution is 5.94. The lowest BCUT2D eigenvalue weighted by molar-refractivity contribution is 0.0515. The lowest BCUT2D eigenvalue weighted by Crippen LogP contribution is -2.11. The van der Waals surface area contributed by atoms with E-state index in [-0.39, 0.29) is 12.2 Å². The average molecular weight is 241 g/mol. The van der Waals surface area contributed by atoms with Crippen molar-refractivity contribution < 1.29 is 23.4 Å². The zero-order valence-corrected chi connectivity index (χ0v) is 8.91. The number of carbonyl (C=O) groups excluding carboxylic acids is 1. The molecule has 0 radical (unpaired) electrons. The molecular weight excluding hydrogens is 232 g/mol. The van der Waals surface area contributed by atoms with Gasteiger partial charge in [0.05, 0.1) is 17.7 Å². The number of hydrogen-bond acceptors (Lipinski definition) is 4. The van der Waals surface area contributed by atoms with Gasteiger partial charge in [0.25, 0.3) is 6.43 Å². The highest BCUT2D eigenvalue weighted by Crippen LogP contribution is 2.30. The second-order valence-electron chi connectivity index (χ2n) is 3.09. The normalized spacial score (nSPS) is 10.1. The first-order valence-corrected chi connectivity index (χ1v) is 4.73. The van der Waals surface area contributed by atoms with E-state index < -0.39 is 29.3 Å². The Bertz CT molecular complexity index is 480. The van der Waals surface area contributed by atoms with Crippen LogP contribution in [0.2, 0.25) is 0 Å². The van der Waals surface area contributed by atoms with Gasteiger partial charge in [0.2, 0.25) is 0 Å². The van der Waals surface area contributed by atoms with E-state index in [2.05, 4.69) is 4.74 Å². The SMILES string of the molecule is CCOC(=O)c1c(C#N)cc(O)cc1C(F)F. The Kier molecular flexibility index (Phi) is 3.99. The van der Waals surface area contributed by atoms with E-state index in [4.69, 9.17) is 5.26 Å². The molecule has 0 unspecified atom stereocenters. The first-order valence-electron chi connectivity index (χ1n) is 4.73. The predicted molar refractivity (Wildman–Crippen MR) is 53.7 cm³/mol. The minimum absolute atomic E-state index is 0.00720. The lowest BCUT2D eigenvalue weighted by atomic mass is 10.0. The van der Waals surface area contributed by atoms with Crippen LogP contribution < -0.4 is 0 Å². The van der Waals surface area contributed by atoms with Gasteiger partial charge in [-0.1, -0.05) is 0 Å². The number of phenolic OH excluding ortho intramolecular Hbond substituents is 1. The number of rotatable bonds is 3. The first kappa shape index (κ1) is 12.9. The van der Waals surface area contributed by atoms with E-state index in [1.165, 1.54) is 6.92 Å². The molecule has 0 fully saturated rings. The molecule has 17 heavy (non-hydrogen) atoms. The highest BCUT2D eigenvalue weighted by atomic mass is 19.3. The van der Waals surface area contributed by atoms with Crippen molar-refractivity contribution in [2.75, 3.05) is 6.61 Å². The lowest BCUT2D eigenvalue weighted by Gasteiger charge is -2.10. The summed E-state index contributed by atoms with van der Waals surface area (Å²) >= 11 is 0. The summed E-state index contributed by atoms with van der Waals surface area (Å²) in [5.74, 6) is -1.50. The van der Waals surface area contributed by atoms with Crippen molar-refractivity contribution >= 4 is 5.97 Å². The van der Waals surface area contributed by atoms with Crippen molar-refractivity contribution in [2.24, 2.45) is 0 Å². The number of halogens is 2. The van der Waals surface area contributed by atoms with Gasteiger partial charge in [-0.25, -0.2) is 13.6 Å². The van der Waals surface area contributed by atoms with Crippen molar-refractivity contribution in [2.45, 2.75) is 13.3 Å². The Hall–Kier alpha value is -2.16. The van der Waals surface area contributed by atoms with Gasteiger partial charge in [0.15, 0.2) is 0 Å². The number of carbonyl (C=O) groups is 1. The maximum Gasteiger partial charge on any atom is 0.339 e. The molecule has 0 aliphatic carbocycles. The van der Waals surface area contributed by atoms with Gasteiger partial charge >= 0.3 is 5.97 Å². The van der Waals surface area contributed by atoms with E-state index in [0.29, 0.717) is 0 Å². The fraction of sp³-hybridized carbons (Fsp3) is 0.273. The van der Waals surface area contributed by atoms with Gasteiger partial charge < -0.3 is 9.84 Å². The number of nitriles is 1. The third-order valence-corrected chi connectivity index (χ3v) is 1.99. The summed E-state index contributed by atoms with van der Waals surface area (Å²) in [6.07, 6.45) is -2.98. The second-order valence-corrected chi connectivity index (χ2v) is 3.09. The van der Waals surface area contributed by atoms with Crippen LogP contribution in [0.3, 0.4) is 0 Å². The van der Waals surface area contributed by atoms with Crippen molar-refractivity contribution in [3.8, 4) is 11.8 Å². The minimum Gasteiger partial charge on any atom is -0.508 e. The molecule has 90 valence electrons. The van der Waals surface area contributed by atoms with Crippen molar-refractivity contribution in [3.05, 3.63) is 28.8 Å². The van der Waals surface area contributed by atoms with Crippen LogP contribution >= 0.6 is 0 Å². The molecule has 0 saturated carbocycles.